The lowest BCUT2D eigenvalue weighted by atomic mass is 10.1. The standard InChI is InChI=1S/C29H45N5O/c1-23(2)20-33(21-24(3)4)22-25-11-12-27-28(18-25)34(16-9-15-32-13-6-5-7-14-32)29(31-27)30-19-26-10-8-17-35-26/h8,10-12,17-18,23-24H,5-7,9,13-16,19-22H2,1-4H3,(H,30,31). The predicted octanol–water partition coefficient (Wildman–Crippen LogP) is 6.23. The van der Waals surface area contributed by atoms with E-state index in [2.05, 4.69) is 65.6 Å². The zero-order valence-corrected chi connectivity index (χ0v) is 22.3. The lowest BCUT2D eigenvalue weighted by molar-refractivity contribution is 0.211. The number of aromatic nitrogens is 2. The van der Waals surface area contributed by atoms with Crippen molar-refractivity contribution >= 4 is 17.0 Å². The summed E-state index contributed by atoms with van der Waals surface area (Å²) in [4.78, 5) is 10.2. The fourth-order valence-corrected chi connectivity index (χ4v) is 5.34. The fourth-order valence-electron chi connectivity index (χ4n) is 5.34. The van der Waals surface area contributed by atoms with Gasteiger partial charge in [0.2, 0.25) is 5.95 Å². The van der Waals surface area contributed by atoms with E-state index in [9.17, 15) is 0 Å². The Labute approximate surface area is 211 Å². The summed E-state index contributed by atoms with van der Waals surface area (Å²) < 4.78 is 7.93. The van der Waals surface area contributed by atoms with E-state index in [4.69, 9.17) is 9.40 Å². The molecule has 0 amide bonds. The van der Waals surface area contributed by atoms with Crippen molar-refractivity contribution in [2.45, 2.75) is 73.0 Å². The fraction of sp³-hybridized carbons (Fsp3) is 0.621. The molecule has 2 aromatic heterocycles. The molecule has 192 valence electrons. The molecule has 4 rings (SSSR count). The van der Waals surface area contributed by atoms with Crippen molar-refractivity contribution in [3.05, 3.63) is 47.9 Å². The van der Waals surface area contributed by atoms with Gasteiger partial charge in [-0.25, -0.2) is 4.98 Å². The van der Waals surface area contributed by atoms with Gasteiger partial charge in [-0.15, -0.1) is 0 Å². The SMILES string of the molecule is CC(C)CN(Cc1ccc2nc(NCc3ccco3)n(CCCN3CCCCC3)c2c1)CC(C)C. The highest BCUT2D eigenvalue weighted by atomic mass is 16.3. The summed E-state index contributed by atoms with van der Waals surface area (Å²) in [5.74, 6) is 3.19. The molecule has 1 fully saturated rings. The maximum Gasteiger partial charge on any atom is 0.204 e. The molecule has 0 aliphatic carbocycles. The topological polar surface area (TPSA) is 49.5 Å². The first-order chi connectivity index (χ1) is 17.0. The summed E-state index contributed by atoms with van der Waals surface area (Å²) in [7, 11) is 0. The van der Waals surface area contributed by atoms with Crippen LogP contribution >= 0.6 is 0 Å². The molecule has 6 nitrogen and oxygen atoms in total. The second-order valence-corrected chi connectivity index (χ2v) is 11.1. The van der Waals surface area contributed by atoms with Crippen LogP contribution in [0.4, 0.5) is 5.95 Å². The lowest BCUT2D eigenvalue weighted by Crippen LogP contribution is -2.31. The van der Waals surface area contributed by atoms with E-state index >= 15 is 0 Å². The van der Waals surface area contributed by atoms with Crippen LogP contribution in [0.25, 0.3) is 11.0 Å². The van der Waals surface area contributed by atoms with Gasteiger partial charge >= 0.3 is 0 Å². The number of fused-ring (bicyclic) bond motifs is 1. The Bertz CT molecular complexity index is 1010. The molecule has 1 saturated heterocycles. The molecule has 0 bridgehead atoms. The number of hydrogen-bond acceptors (Lipinski definition) is 5. The smallest absolute Gasteiger partial charge is 0.204 e. The van der Waals surface area contributed by atoms with E-state index in [1.807, 2.05) is 12.1 Å². The molecule has 1 aliphatic rings. The average Bonchev–Trinajstić information content (AvgIpc) is 3.45. The maximum absolute atomic E-state index is 5.54. The van der Waals surface area contributed by atoms with Crippen LogP contribution in [0.1, 0.15) is 64.7 Å². The molecular weight excluding hydrogens is 434 g/mol. The van der Waals surface area contributed by atoms with Crippen LogP contribution in [-0.4, -0.2) is 52.1 Å². The molecule has 1 aromatic carbocycles. The van der Waals surface area contributed by atoms with Gasteiger partial charge in [-0.2, -0.15) is 0 Å². The van der Waals surface area contributed by atoms with Crippen LogP contribution in [-0.2, 0) is 19.6 Å². The van der Waals surface area contributed by atoms with Crippen molar-refractivity contribution in [2.24, 2.45) is 11.8 Å². The number of rotatable bonds is 13. The highest BCUT2D eigenvalue weighted by Gasteiger charge is 2.16. The number of hydrogen-bond donors (Lipinski definition) is 1. The van der Waals surface area contributed by atoms with Crippen LogP contribution in [0.2, 0.25) is 0 Å². The van der Waals surface area contributed by atoms with Gasteiger partial charge in [0.25, 0.3) is 0 Å². The molecule has 6 heteroatoms. The Morgan fingerprint density at radius 3 is 2.46 bits per heavy atom. The summed E-state index contributed by atoms with van der Waals surface area (Å²) in [6, 6.07) is 10.8. The van der Waals surface area contributed by atoms with Gasteiger partial charge in [-0.1, -0.05) is 40.2 Å². The number of likely N-dealkylation sites (tertiary alicyclic amines) is 1. The Morgan fingerprint density at radius 2 is 1.77 bits per heavy atom. The van der Waals surface area contributed by atoms with Gasteiger partial charge in [-0.05, 0) is 80.6 Å². The summed E-state index contributed by atoms with van der Waals surface area (Å²) in [5, 5.41) is 3.54. The molecule has 0 radical (unpaired) electrons. The van der Waals surface area contributed by atoms with Crippen LogP contribution < -0.4 is 5.32 Å². The third kappa shape index (κ3) is 7.58. The Kier molecular flexibility index (Phi) is 9.27. The summed E-state index contributed by atoms with van der Waals surface area (Å²) in [6.07, 6.45) is 6.94. The third-order valence-electron chi connectivity index (χ3n) is 6.77. The van der Waals surface area contributed by atoms with Gasteiger partial charge in [0.05, 0.1) is 23.8 Å². The minimum absolute atomic E-state index is 0.645. The first-order valence-corrected chi connectivity index (χ1v) is 13.7. The quantitative estimate of drug-likeness (QED) is 0.315. The van der Waals surface area contributed by atoms with E-state index in [1.54, 1.807) is 6.26 Å². The van der Waals surface area contributed by atoms with Crippen molar-refractivity contribution in [2.75, 3.05) is 38.0 Å². The van der Waals surface area contributed by atoms with Crippen LogP contribution in [0.3, 0.4) is 0 Å². The van der Waals surface area contributed by atoms with Gasteiger partial charge in [-0.3, -0.25) is 4.90 Å². The molecule has 35 heavy (non-hydrogen) atoms. The number of benzene rings is 1. The van der Waals surface area contributed by atoms with E-state index in [0.29, 0.717) is 18.4 Å². The number of anilines is 1. The van der Waals surface area contributed by atoms with Crippen molar-refractivity contribution in [3.8, 4) is 0 Å². The van der Waals surface area contributed by atoms with Crippen LogP contribution in [0.15, 0.2) is 41.0 Å². The Morgan fingerprint density at radius 1 is 1.00 bits per heavy atom. The van der Waals surface area contributed by atoms with Crippen molar-refractivity contribution < 1.29 is 4.42 Å². The third-order valence-corrected chi connectivity index (χ3v) is 6.77. The number of nitrogens with one attached hydrogen (secondary N) is 1. The minimum atomic E-state index is 0.645. The predicted molar refractivity (Wildman–Crippen MR) is 146 cm³/mol. The van der Waals surface area contributed by atoms with Gasteiger partial charge in [0.15, 0.2) is 0 Å². The number of imidazole rings is 1. The van der Waals surface area contributed by atoms with Crippen LogP contribution in [0, 0.1) is 11.8 Å². The zero-order chi connectivity index (χ0) is 24.6. The largest absolute Gasteiger partial charge is 0.467 e. The molecule has 0 spiro atoms. The van der Waals surface area contributed by atoms with Crippen molar-refractivity contribution in [1.29, 1.82) is 0 Å². The van der Waals surface area contributed by atoms with E-state index in [1.165, 1.54) is 43.4 Å². The van der Waals surface area contributed by atoms with Gasteiger partial charge < -0.3 is 19.2 Å². The van der Waals surface area contributed by atoms with Crippen molar-refractivity contribution in [3.63, 3.8) is 0 Å². The monoisotopic (exact) mass is 479 g/mol. The Hall–Kier alpha value is -2.31. The second kappa shape index (κ2) is 12.6. The molecule has 3 aromatic rings. The van der Waals surface area contributed by atoms with E-state index < -0.39 is 0 Å². The van der Waals surface area contributed by atoms with E-state index in [-0.39, 0.29) is 0 Å². The summed E-state index contributed by atoms with van der Waals surface area (Å²) in [5.41, 5.74) is 3.67. The van der Waals surface area contributed by atoms with Gasteiger partial charge in [0.1, 0.15) is 5.76 Å². The number of piperidine rings is 1. The molecule has 3 heterocycles. The molecule has 0 unspecified atom stereocenters. The first-order valence-electron chi connectivity index (χ1n) is 13.7. The maximum atomic E-state index is 5.54. The van der Waals surface area contributed by atoms with Crippen molar-refractivity contribution in [1.82, 2.24) is 19.4 Å². The van der Waals surface area contributed by atoms with Gasteiger partial charge in [0, 0.05) is 26.2 Å². The minimum Gasteiger partial charge on any atom is -0.467 e. The molecule has 1 aliphatic heterocycles. The summed E-state index contributed by atoms with van der Waals surface area (Å²) >= 11 is 0. The number of furan rings is 1. The summed E-state index contributed by atoms with van der Waals surface area (Å²) in [6.45, 7) is 17.8. The Balaban J connectivity index is 1.53. The molecule has 1 N–H and O–H groups in total. The lowest BCUT2D eigenvalue weighted by Gasteiger charge is -2.26. The number of nitrogens with zero attached hydrogens (tertiary/aromatic N) is 4. The van der Waals surface area contributed by atoms with E-state index in [0.717, 1.165) is 56.4 Å². The first kappa shape index (κ1) is 25.8. The molecular formula is C29H45N5O. The molecule has 0 saturated carbocycles. The number of aryl methyl sites for hydroxylation is 1. The highest BCUT2D eigenvalue weighted by Crippen LogP contribution is 2.24. The average molecular weight is 480 g/mol. The molecule has 0 atom stereocenters. The van der Waals surface area contributed by atoms with Crippen LogP contribution in [0.5, 0.6) is 0 Å². The zero-order valence-electron chi connectivity index (χ0n) is 22.3. The normalized spacial score (nSPS) is 15.2. The second-order valence-electron chi connectivity index (χ2n) is 11.1. The highest BCUT2D eigenvalue weighted by molar-refractivity contribution is 5.79.